The molecular weight excluding hydrogens is 355 g/mol. The molecule has 2 aromatic rings. The van der Waals surface area contributed by atoms with E-state index in [-0.39, 0.29) is 11.8 Å². The van der Waals surface area contributed by atoms with E-state index in [0.29, 0.717) is 19.6 Å². The van der Waals surface area contributed by atoms with Crippen LogP contribution in [0.1, 0.15) is 12.5 Å². The van der Waals surface area contributed by atoms with E-state index in [2.05, 4.69) is 53.2 Å². The predicted molar refractivity (Wildman–Crippen MR) is 113 cm³/mol. The maximum absolute atomic E-state index is 13.1. The number of piperazine rings is 1. The molecule has 0 saturated carbocycles. The van der Waals surface area contributed by atoms with Gasteiger partial charge in [0.25, 0.3) is 0 Å². The van der Waals surface area contributed by atoms with E-state index in [1.807, 2.05) is 4.90 Å². The van der Waals surface area contributed by atoms with Crippen LogP contribution in [0.25, 0.3) is 0 Å². The topological polar surface area (TPSA) is 38.8 Å². The zero-order valence-electron chi connectivity index (χ0n) is 16.7. The van der Waals surface area contributed by atoms with Gasteiger partial charge in [-0.1, -0.05) is 12.1 Å². The third kappa shape index (κ3) is 5.15. The fraction of sp³-hybridized carbons (Fsp3) is 0.409. The van der Waals surface area contributed by atoms with Gasteiger partial charge < -0.3 is 20.0 Å². The van der Waals surface area contributed by atoms with Gasteiger partial charge in [-0.3, -0.25) is 0 Å². The Kier molecular flexibility index (Phi) is 6.74. The summed E-state index contributed by atoms with van der Waals surface area (Å²) in [6.07, 6.45) is 0. The average Bonchev–Trinajstić information content (AvgIpc) is 2.72. The maximum Gasteiger partial charge on any atom is 0.317 e. The van der Waals surface area contributed by atoms with Gasteiger partial charge in [-0.25, -0.2) is 9.18 Å². The average molecular weight is 384 g/mol. The van der Waals surface area contributed by atoms with Crippen LogP contribution in [0.15, 0.2) is 48.5 Å². The molecule has 2 amide bonds. The summed E-state index contributed by atoms with van der Waals surface area (Å²) in [6.45, 7) is 9.34. The Morgan fingerprint density at radius 2 is 1.82 bits per heavy atom. The molecule has 0 aromatic heterocycles. The predicted octanol–water partition coefficient (Wildman–Crippen LogP) is 3.49. The van der Waals surface area contributed by atoms with Gasteiger partial charge in [-0.15, -0.1) is 0 Å². The van der Waals surface area contributed by atoms with Crippen LogP contribution < -0.4 is 15.1 Å². The number of carbonyl (C=O) groups is 1. The summed E-state index contributed by atoms with van der Waals surface area (Å²) in [5.74, 6) is -0.228. The Labute approximate surface area is 166 Å². The first-order valence-electron chi connectivity index (χ1n) is 9.91. The summed E-state index contributed by atoms with van der Waals surface area (Å²) >= 11 is 0. The molecule has 1 aliphatic heterocycles. The number of urea groups is 1. The summed E-state index contributed by atoms with van der Waals surface area (Å²) in [5.41, 5.74) is 3.42. The number of amides is 2. The van der Waals surface area contributed by atoms with Crippen LogP contribution >= 0.6 is 0 Å². The lowest BCUT2D eigenvalue weighted by Gasteiger charge is -2.36. The first-order valence-corrected chi connectivity index (χ1v) is 9.91. The van der Waals surface area contributed by atoms with Gasteiger partial charge in [0.15, 0.2) is 0 Å². The van der Waals surface area contributed by atoms with Crippen LogP contribution in [0.4, 0.5) is 20.6 Å². The SMILES string of the molecule is CCN(CCNC(=O)N1CCN(c2ccc(F)cc2)CC1)c1cccc(C)c1. The summed E-state index contributed by atoms with van der Waals surface area (Å²) in [7, 11) is 0. The number of nitrogens with zero attached hydrogens (tertiary/aromatic N) is 3. The molecule has 0 atom stereocenters. The third-order valence-corrected chi connectivity index (χ3v) is 5.17. The van der Waals surface area contributed by atoms with Crippen molar-refractivity contribution in [3.05, 3.63) is 59.9 Å². The molecule has 0 bridgehead atoms. The van der Waals surface area contributed by atoms with E-state index in [9.17, 15) is 9.18 Å². The Morgan fingerprint density at radius 3 is 2.46 bits per heavy atom. The van der Waals surface area contributed by atoms with E-state index >= 15 is 0 Å². The highest BCUT2D eigenvalue weighted by atomic mass is 19.1. The normalized spacial score (nSPS) is 14.1. The maximum atomic E-state index is 13.1. The number of carbonyl (C=O) groups excluding carboxylic acids is 1. The third-order valence-electron chi connectivity index (χ3n) is 5.17. The van der Waals surface area contributed by atoms with Crippen LogP contribution in [0, 0.1) is 12.7 Å². The smallest absolute Gasteiger partial charge is 0.317 e. The van der Waals surface area contributed by atoms with Crippen molar-refractivity contribution in [2.75, 3.05) is 55.6 Å². The standard InChI is InChI=1S/C22H29FN4O/c1-3-25(21-6-4-5-18(2)17-21)12-11-24-22(28)27-15-13-26(14-16-27)20-9-7-19(23)8-10-20/h4-10,17H,3,11-16H2,1-2H3,(H,24,28). The van der Waals surface area contributed by atoms with Crippen LogP contribution in [-0.4, -0.2) is 56.7 Å². The molecule has 1 heterocycles. The summed E-state index contributed by atoms with van der Waals surface area (Å²) < 4.78 is 13.1. The Hall–Kier alpha value is -2.76. The van der Waals surface area contributed by atoms with E-state index in [1.54, 1.807) is 12.1 Å². The molecule has 6 heteroatoms. The van der Waals surface area contributed by atoms with Gasteiger partial charge in [0.2, 0.25) is 0 Å². The fourth-order valence-corrected chi connectivity index (χ4v) is 3.52. The molecule has 1 N–H and O–H groups in total. The van der Waals surface area contributed by atoms with Gasteiger partial charge in [0.1, 0.15) is 5.82 Å². The van der Waals surface area contributed by atoms with Crippen LogP contribution in [0.3, 0.4) is 0 Å². The van der Waals surface area contributed by atoms with Crippen molar-refractivity contribution >= 4 is 17.4 Å². The lowest BCUT2D eigenvalue weighted by atomic mass is 10.2. The summed E-state index contributed by atoms with van der Waals surface area (Å²) in [4.78, 5) is 18.8. The van der Waals surface area contributed by atoms with Crippen LogP contribution in [-0.2, 0) is 0 Å². The summed E-state index contributed by atoms with van der Waals surface area (Å²) in [6, 6.07) is 14.9. The van der Waals surface area contributed by atoms with E-state index < -0.39 is 0 Å². The molecule has 5 nitrogen and oxygen atoms in total. The van der Waals surface area contributed by atoms with Gasteiger partial charge in [-0.05, 0) is 55.8 Å². The second-order valence-electron chi connectivity index (χ2n) is 7.10. The molecule has 1 fully saturated rings. The number of halogens is 1. The zero-order chi connectivity index (χ0) is 19.9. The van der Waals surface area contributed by atoms with Gasteiger partial charge in [0, 0.05) is 57.2 Å². The number of benzene rings is 2. The van der Waals surface area contributed by atoms with Gasteiger partial charge in [-0.2, -0.15) is 0 Å². The molecule has 0 spiro atoms. The first kappa shape index (κ1) is 20.0. The molecule has 1 saturated heterocycles. The van der Waals surface area contributed by atoms with Gasteiger partial charge in [0.05, 0.1) is 0 Å². The van der Waals surface area contributed by atoms with Crippen molar-refractivity contribution in [2.45, 2.75) is 13.8 Å². The highest BCUT2D eigenvalue weighted by Crippen LogP contribution is 2.17. The number of aryl methyl sites for hydroxylation is 1. The number of likely N-dealkylation sites (N-methyl/N-ethyl adjacent to an activating group) is 1. The second-order valence-corrected chi connectivity index (χ2v) is 7.10. The largest absolute Gasteiger partial charge is 0.370 e. The van der Waals surface area contributed by atoms with Gasteiger partial charge >= 0.3 is 6.03 Å². The van der Waals surface area contributed by atoms with E-state index in [1.165, 1.54) is 23.4 Å². The number of anilines is 2. The van der Waals surface area contributed by atoms with Crippen molar-refractivity contribution in [2.24, 2.45) is 0 Å². The molecule has 0 radical (unpaired) electrons. The molecular formula is C22H29FN4O. The molecule has 1 aliphatic rings. The monoisotopic (exact) mass is 384 g/mol. The minimum absolute atomic E-state index is 0.0148. The van der Waals surface area contributed by atoms with Crippen molar-refractivity contribution < 1.29 is 9.18 Å². The van der Waals surface area contributed by atoms with E-state index in [4.69, 9.17) is 0 Å². The van der Waals surface area contributed by atoms with Crippen LogP contribution in [0.2, 0.25) is 0 Å². The van der Waals surface area contributed by atoms with Crippen molar-refractivity contribution in [1.82, 2.24) is 10.2 Å². The lowest BCUT2D eigenvalue weighted by Crippen LogP contribution is -2.52. The quantitative estimate of drug-likeness (QED) is 0.829. The molecule has 2 aromatic carbocycles. The Bertz CT molecular complexity index is 772. The minimum Gasteiger partial charge on any atom is -0.370 e. The number of rotatable bonds is 6. The lowest BCUT2D eigenvalue weighted by molar-refractivity contribution is 0.194. The Morgan fingerprint density at radius 1 is 1.11 bits per heavy atom. The second kappa shape index (κ2) is 9.44. The van der Waals surface area contributed by atoms with Crippen molar-refractivity contribution in [3.63, 3.8) is 0 Å². The first-order chi connectivity index (χ1) is 13.6. The van der Waals surface area contributed by atoms with Crippen molar-refractivity contribution in [3.8, 4) is 0 Å². The molecule has 150 valence electrons. The minimum atomic E-state index is -0.228. The van der Waals surface area contributed by atoms with Crippen LogP contribution in [0.5, 0.6) is 0 Å². The Balaban J connectivity index is 1.43. The fourth-order valence-electron chi connectivity index (χ4n) is 3.52. The zero-order valence-corrected chi connectivity index (χ0v) is 16.7. The number of hydrogen-bond donors (Lipinski definition) is 1. The molecule has 3 rings (SSSR count). The highest BCUT2D eigenvalue weighted by Gasteiger charge is 2.21. The van der Waals surface area contributed by atoms with Crippen molar-refractivity contribution in [1.29, 1.82) is 0 Å². The number of hydrogen-bond acceptors (Lipinski definition) is 3. The molecule has 0 unspecified atom stereocenters. The number of nitrogens with one attached hydrogen (secondary N) is 1. The molecule has 0 aliphatic carbocycles. The van der Waals surface area contributed by atoms with E-state index in [0.717, 1.165) is 31.9 Å². The highest BCUT2D eigenvalue weighted by molar-refractivity contribution is 5.74. The molecule has 28 heavy (non-hydrogen) atoms. The summed E-state index contributed by atoms with van der Waals surface area (Å²) in [5, 5.41) is 3.04.